The van der Waals surface area contributed by atoms with E-state index in [0.717, 1.165) is 19.5 Å². The zero-order valence-electron chi connectivity index (χ0n) is 11.8. The van der Waals surface area contributed by atoms with Crippen LogP contribution >= 0.6 is 0 Å². The Morgan fingerprint density at radius 3 is 2.12 bits per heavy atom. The maximum atomic E-state index is 9.82. The number of hydrogen-bond acceptors (Lipinski definition) is 3. The predicted octanol–water partition coefficient (Wildman–Crippen LogP) is 2.13. The summed E-state index contributed by atoms with van der Waals surface area (Å²) in [6.07, 6.45) is 8.53. The smallest absolute Gasteiger partial charge is 0.0603 e. The van der Waals surface area contributed by atoms with Crippen molar-refractivity contribution in [3.8, 4) is 0 Å². The average Bonchev–Trinajstić information content (AvgIpc) is 2.51. The number of nitrogens with zero attached hydrogens (tertiary/aromatic N) is 1. The highest BCUT2D eigenvalue weighted by Gasteiger charge is 2.33. The van der Waals surface area contributed by atoms with E-state index in [1.165, 1.54) is 38.5 Å². The third-order valence-electron chi connectivity index (χ3n) is 4.28. The lowest BCUT2D eigenvalue weighted by Crippen LogP contribution is -2.52. The van der Waals surface area contributed by atoms with E-state index in [1.807, 2.05) is 13.8 Å². The second-order valence-corrected chi connectivity index (χ2v) is 6.33. The van der Waals surface area contributed by atoms with Gasteiger partial charge in [-0.05, 0) is 40.2 Å². The molecule has 3 N–H and O–H groups in total. The molecule has 1 aliphatic rings. The first-order valence-electron chi connectivity index (χ1n) is 7.03. The SMILES string of the molecule is CN(CCC(C)(C)O)C1(CN)CCCCCC1. The maximum Gasteiger partial charge on any atom is 0.0603 e. The van der Waals surface area contributed by atoms with Crippen molar-refractivity contribution in [2.45, 2.75) is 69.9 Å². The fraction of sp³-hybridized carbons (Fsp3) is 1.00. The van der Waals surface area contributed by atoms with Gasteiger partial charge in [0.1, 0.15) is 0 Å². The molecule has 102 valence electrons. The summed E-state index contributed by atoms with van der Waals surface area (Å²) in [6.45, 7) is 5.43. The number of hydrogen-bond donors (Lipinski definition) is 2. The highest BCUT2D eigenvalue weighted by molar-refractivity contribution is 4.92. The van der Waals surface area contributed by atoms with Crippen LogP contribution in [0.5, 0.6) is 0 Å². The van der Waals surface area contributed by atoms with Crippen LogP contribution in [0.2, 0.25) is 0 Å². The molecule has 1 fully saturated rings. The Kier molecular flexibility index (Phi) is 5.42. The minimum Gasteiger partial charge on any atom is -0.390 e. The van der Waals surface area contributed by atoms with Crippen LogP contribution in [0.1, 0.15) is 58.8 Å². The zero-order valence-corrected chi connectivity index (χ0v) is 11.8. The third-order valence-corrected chi connectivity index (χ3v) is 4.28. The lowest BCUT2D eigenvalue weighted by Gasteiger charge is -2.41. The normalized spacial score (nSPS) is 21.5. The van der Waals surface area contributed by atoms with Crippen molar-refractivity contribution in [2.24, 2.45) is 5.73 Å². The molecule has 0 radical (unpaired) electrons. The predicted molar refractivity (Wildman–Crippen MR) is 73.0 cm³/mol. The van der Waals surface area contributed by atoms with Gasteiger partial charge in [-0.2, -0.15) is 0 Å². The standard InChI is InChI=1S/C14H30N2O/c1-13(2,17)10-11-16(3)14(12-15)8-6-4-5-7-9-14/h17H,4-12,15H2,1-3H3. The minimum absolute atomic E-state index is 0.182. The molecule has 3 heteroatoms. The van der Waals surface area contributed by atoms with Crippen LogP contribution < -0.4 is 5.73 Å². The number of rotatable bonds is 5. The molecule has 0 aliphatic heterocycles. The molecule has 0 atom stereocenters. The second kappa shape index (κ2) is 6.17. The van der Waals surface area contributed by atoms with Gasteiger partial charge in [-0.15, -0.1) is 0 Å². The van der Waals surface area contributed by atoms with Gasteiger partial charge >= 0.3 is 0 Å². The van der Waals surface area contributed by atoms with E-state index < -0.39 is 5.60 Å². The molecule has 1 rings (SSSR count). The molecule has 0 bridgehead atoms. The van der Waals surface area contributed by atoms with Crippen molar-refractivity contribution < 1.29 is 5.11 Å². The average molecular weight is 242 g/mol. The molecule has 0 aromatic heterocycles. The summed E-state index contributed by atoms with van der Waals surface area (Å²) in [6, 6.07) is 0. The highest BCUT2D eigenvalue weighted by atomic mass is 16.3. The van der Waals surface area contributed by atoms with E-state index in [2.05, 4.69) is 11.9 Å². The van der Waals surface area contributed by atoms with Crippen molar-refractivity contribution in [3.05, 3.63) is 0 Å². The van der Waals surface area contributed by atoms with Gasteiger partial charge in [0, 0.05) is 18.6 Å². The van der Waals surface area contributed by atoms with E-state index in [-0.39, 0.29) is 5.54 Å². The van der Waals surface area contributed by atoms with Crippen molar-refractivity contribution in [1.29, 1.82) is 0 Å². The molecule has 0 unspecified atom stereocenters. The monoisotopic (exact) mass is 242 g/mol. The number of nitrogens with two attached hydrogens (primary N) is 1. The molecule has 0 aromatic rings. The van der Waals surface area contributed by atoms with Gasteiger partial charge < -0.3 is 10.8 Å². The van der Waals surface area contributed by atoms with Crippen molar-refractivity contribution in [3.63, 3.8) is 0 Å². The van der Waals surface area contributed by atoms with Crippen LogP contribution in [0.3, 0.4) is 0 Å². The zero-order chi connectivity index (χ0) is 12.9. The van der Waals surface area contributed by atoms with Crippen molar-refractivity contribution in [2.75, 3.05) is 20.1 Å². The summed E-state index contributed by atoms with van der Waals surface area (Å²) in [5, 5.41) is 9.82. The summed E-state index contributed by atoms with van der Waals surface area (Å²) in [5.41, 5.74) is 5.65. The molecule has 1 aliphatic carbocycles. The van der Waals surface area contributed by atoms with Crippen LogP contribution in [-0.2, 0) is 0 Å². The van der Waals surface area contributed by atoms with E-state index in [0.29, 0.717) is 0 Å². The lowest BCUT2D eigenvalue weighted by atomic mass is 9.88. The third kappa shape index (κ3) is 4.57. The van der Waals surface area contributed by atoms with Crippen LogP contribution in [0.4, 0.5) is 0 Å². The topological polar surface area (TPSA) is 49.5 Å². The summed E-state index contributed by atoms with van der Waals surface area (Å²) >= 11 is 0. The lowest BCUT2D eigenvalue weighted by molar-refractivity contribution is 0.0356. The Morgan fingerprint density at radius 1 is 1.18 bits per heavy atom. The quantitative estimate of drug-likeness (QED) is 0.726. The van der Waals surface area contributed by atoms with Gasteiger partial charge in [-0.3, -0.25) is 4.90 Å². The Balaban J connectivity index is 2.57. The molecule has 0 aromatic carbocycles. The first-order valence-corrected chi connectivity index (χ1v) is 7.03. The van der Waals surface area contributed by atoms with Crippen LogP contribution in [0, 0.1) is 0 Å². The van der Waals surface area contributed by atoms with E-state index in [1.54, 1.807) is 0 Å². The first-order chi connectivity index (χ1) is 7.90. The molecule has 0 spiro atoms. The van der Waals surface area contributed by atoms with Crippen molar-refractivity contribution >= 4 is 0 Å². The fourth-order valence-electron chi connectivity index (χ4n) is 2.81. The molecule has 3 nitrogen and oxygen atoms in total. The molecule has 0 amide bonds. The number of aliphatic hydroxyl groups is 1. The largest absolute Gasteiger partial charge is 0.390 e. The summed E-state index contributed by atoms with van der Waals surface area (Å²) in [7, 11) is 2.17. The Hall–Kier alpha value is -0.120. The molecule has 0 saturated heterocycles. The van der Waals surface area contributed by atoms with Crippen molar-refractivity contribution in [1.82, 2.24) is 4.90 Å². The van der Waals surface area contributed by atoms with Gasteiger partial charge in [-0.1, -0.05) is 25.7 Å². The minimum atomic E-state index is -0.575. The second-order valence-electron chi connectivity index (χ2n) is 6.33. The molecule has 17 heavy (non-hydrogen) atoms. The number of likely N-dealkylation sites (N-methyl/N-ethyl adjacent to an activating group) is 1. The fourth-order valence-corrected chi connectivity index (χ4v) is 2.81. The molecular weight excluding hydrogens is 212 g/mol. The maximum absolute atomic E-state index is 9.82. The Morgan fingerprint density at radius 2 is 1.71 bits per heavy atom. The summed E-state index contributed by atoms with van der Waals surface area (Å²) in [4.78, 5) is 2.40. The van der Waals surface area contributed by atoms with Crippen LogP contribution in [0.25, 0.3) is 0 Å². The van der Waals surface area contributed by atoms with Gasteiger partial charge in [0.2, 0.25) is 0 Å². The summed E-state index contributed by atoms with van der Waals surface area (Å²) < 4.78 is 0. The molecule has 0 heterocycles. The highest BCUT2D eigenvalue weighted by Crippen LogP contribution is 2.31. The molecular formula is C14H30N2O. The van der Waals surface area contributed by atoms with Gasteiger partial charge in [0.25, 0.3) is 0 Å². The van der Waals surface area contributed by atoms with Crippen LogP contribution in [-0.4, -0.2) is 41.3 Å². The first kappa shape index (κ1) is 14.9. The van der Waals surface area contributed by atoms with Gasteiger partial charge in [0.15, 0.2) is 0 Å². The molecule has 1 saturated carbocycles. The van der Waals surface area contributed by atoms with Crippen LogP contribution in [0.15, 0.2) is 0 Å². The Bertz CT molecular complexity index is 215. The Labute approximate surface area is 106 Å². The summed E-state index contributed by atoms with van der Waals surface area (Å²) in [5.74, 6) is 0. The van der Waals surface area contributed by atoms with E-state index in [9.17, 15) is 5.11 Å². The van der Waals surface area contributed by atoms with Gasteiger partial charge in [0.05, 0.1) is 5.60 Å². The van der Waals surface area contributed by atoms with E-state index >= 15 is 0 Å². The van der Waals surface area contributed by atoms with E-state index in [4.69, 9.17) is 5.73 Å². The van der Waals surface area contributed by atoms with Gasteiger partial charge in [-0.25, -0.2) is 0 Å².